The summed E-state index contributed by atoms with van der Waals surface area (Å²) < 4.78 is 11.0. The highest BCUT2D eigenvalue weighted by atomic mass is 35.5. The van der Waals surface area contributed by atoms with Crippen molar-refractivity contribution in [2.45, 2.75) is 0 Å². The van der Waals surface area contributed by atoms with Gasteiger partial charge in [0.05, 0.1) is 0 Å². The largest absolute Gasteiger partial charge is 0.486 e. The molecular formula is C13H13ClN4O2. The van der Waals surface area contributed by atoms with E-state index < -0.39 is 0 Å². The fourth-order valence-electron chi connectivity index (χ4n) is 1.85. The number of fused-ring (bicyclic) bond motifs is 1. The Labute approximate surface area is 121 Å². The molecule has 20 heavy (non-hydrogen) atoms. The molecule has 0 saturated carbocycles. The zero-order valence-electron chi connectivity index (χ0n) is 11.1. The zero-order chi connectivity index (χ0) is 14.1. The van der Waals surface area contributed by atoms with Crippen LogP contribution in [0.25, 0.3) is 11.4 Å². The van der Waals surface area contributed by atoms with Gasteiger partial charge in [0, 0.05) is 19.7 Å². The Hall–Kier alpha value is -2.08. The fourth-order valence-corrected chi connectivity index (χ4v) is 2.01. The highest BCUT2D eigenvalue weighted by molar-refractivity contribution is 6.28. The number of rotatable bonds is 2. The van der Waals surface area contributed by atoms with E-state index in [-0.39, 0.29) is 5.28 Å². The second kappa shape index (κ2) is 5.13. The second-order valence-electron chi connectivity index (χ2n) is 4.48. The zero-order valence-corrected chi connectivity index (χ0v) is 11.9. The Balaban J connectivity index is 2.04. The SMILES string of the molecule is CN(C)c1nc(Cl)nc(-c2ccc3c(c2)OCCO3)n1. The third kappa shape index (κ3) is 2.46. The Kier molecular flexibility index (Phi) is 3.31. The highest BCUT2D eigenvalue weighted by Gasteiger charge is 2.15. The Morgan fingerprint density at radius 3 is 2.55 bits per heavy atom. The van der Waals surface area contributed by atoms with Gasteiger partial charge >= 0.3 is 0 Å². The molecule has 7 heteroatoms. The predicted octanol–water partition coefficient (Wildman–Crippen LogP) is 2.03. The highest BCUT2D eigenvalue weighted by Crippen LogP contribution is 2.33. The smallest absolute Gasteiger partial charge is 0.229 e. The summed E-state index contributed by atoms with van der Waals surface area (Å²) in [6.07, 6.45) is 0. The maximum Gasteiger partial charge on any atom is 0.229 e. The van der Waals surface area contributed by atoms with E-state index >= 15 is 0 Å². The Morgan fingerprint density at radius 1 is 1.05 bits per heavy atom. The summed E-state index contributed by atoms with van der Waals surface area (Å²) >= 11 is 5.94. The summed E-state index contributed by atoms with van der Waals surface area (Å²) in [6, 6.07) is 5.56. The molecule has 0 N–H and O–H groups in total. The van der Waals surface area contributed by atoms with Crippen molar-refractivity contribution >= 4 is 17.5 Å². The lowest BCUT2D eigenvalue weighted by Gasteiger charge is -2.18. The summed E-state index contributed by atoms with van der Waals surface area (Å²) in [5, 5.41) is 0.161. The molecule has 1 aliphatic heterocycles. The van der Waals surface area contributed by atoms with Crippen LogP contribution in [0.5, 0.6) is 11.5 Å². The average molecular weight is 293 g/mol. The molecule has 0 atom stereocenters. The molecular weight excluding hydrogens is 280 g/mol. The van der Waals surface area contributed by atoms with Crippen molar-refractivity contribution in [2.24, 2.45) is 0 Å². The third-order valence-electron chi connectivity index (χ3n) is 2.80. The van der Waals surface area contributed by atoms with Crippen molar-refractivity contribution in [3.05, 3.63) is 23.5 Å². The topological polar surface area (TPSA) is 60.4 Å². The molecule has 1 aromatic heterocycles. The van der Waals surface area contributed by atoms with E-state index in [0.717, 1.165) is 11.3 Å². The van der Waals surface area contributed by atoms with Crippen LogP contribution in [-0.2, 0) is 0 Å². The molecule has 0 amide bonds. The number of ether oxygens (including phenoxy) is 2. The summed E-state index contributed by atoms with van der Waals surface area (Å²) in [5.41, 5.74) is 0.807. The lowest BCUT2D eigenvalue weighted by molar-refractivity contribution is 0.171. The minimum atomic E-state index is 0.161. The van der Waals surface area contributed by atoms with Crippen LogP contribution in [0.1, 0.15) is 0 Å². The third-order valence-corrected chi connectivity index (χ3v) is 2.97. The molecule has 2 heterocycles. The predicted molar refractivity (Wildman–Crippen MR) is 75.6 cm³/mol. The first-order chi connectivity index (χ1) is 9.63. The minimum Gasteiger partial charge on any atom is -0.486 e. The van der Waals surface area contributed by atoms with Gasteiger partial charge < -0.3 is 14.4 Å². The standard InChI is InChI=1S/C13H13ClN4O2/c1-18(2)13-16-11(15-12(14)17-13)8-3-4-9-10(7-8)20-6-5-19-9/h3-4,7H,5-6H2,1-2H3. The second-order valence-corrected chi connectivity index (χ2v) is 4.82. The van der Waals surface area contributed by atoms with Gasteiger partial charge in [-0.3, -0.25) is 0 Å². The van der Waals surface area contributed by atoms with Crippen LogP contribution >= 0.6 is 11.6 Å². The van der Waals surface area contributed by atoms with Gasteiger partial charge in [-0.05, 0) is 29.8 Å². The number of aromatic nitrogens is 3. The molecule has 6 nitrogen and oxygen atoms in total. The molecule has 0 bridgehead atoms. The van der Waals surface area contributed by atoms with Gasteiger partial charge in [0.15, 0.2) is 17.3 Å². The van der Waals surface area contributed by atoms with Crippen LogP contribution in [0.4, 0.5) is 5.95 Å². The molecule has 0 saturated heterocycles. The maximum absolute atomic E-state index is 5.94. The lowest BCUT2D eigenvalue weighted by atomic mass is 10.2. The van der Waals surface area contributed by atoms with E-state index in [4.69, 9.17) is 21.1 Å². The Morgan fingerprint density at radius 2 is 1.80 bits per heavy atom. The van der Waals surface area contributed by atoms with Crippen molar-refractivity contribution in [1.29, 1.82) is 0 Å². The summed E-state index contributed by atoms with van der Waals surface area (Å²) in [6.45, 7) is 1.10. The van der Waals surface area contributed by atoms with Gasteiger partial charge in [0.25, 0.3) is 0 Å². The van der Waals surface area contributed by atoms with Crippen LogP contribution in [-0.4, -0.2) is 42.3 Å². The van der Waals surface area contributed by atoms with Crippen molar-refractivity contribution in [2.75, 3.05) is 32.2 Å². The van der Waals surface area contributed by atoms with Crippen LogP contribution < -0.4 is 14.4 Å². The number of benzene rings is 1. The Bertz CT molecular complexity index is 648. The normalized spacial score (nSPS) is 13.2. The van der Waals surface area contributed by atoms with E-state index in [1.807, 2.05) is 32.3 Å². The number of anilines is 1. The van der Waals surface area contributed by atoms with Crippen LogP contribution in [0.15, 0.2) is 18.2 Å². The quantitative estimate of drug-likeness (QED) is 0.844. The summed E-state index contributed by atoms with van der Waals surface area (Å²) in [4.78, 5) is 14.4. The molecule has 3 rings (SSSR count). The monoisotopic (exact) mass is 292 g/mol. The van der Waals surface area contributed by atoms with Crippen LogP contribution in [0.3, 0.4) is 0 Å². The average Bonchev–Trinajstić information content (AvgIpc) is 2.46. The van der Waals surface area contributed by atoms with Gasteiger partial charge in [0.2, 0.25) is 11.2 Å². The molecule has 0 spiro atoms. The van der Waals surface area contributed by atoms with Crippen molar-refractivity contribution in [3.8, 4) is 22.9 Å². The lowest BCUT2D eigenvalue weighted by Crippen LogP contribution is -2.15. The number of halogens is 1. The van der Waals surface area contributed by atoms with E-state index in [1.54, 1.807) is 4.90 Å². The molecule has 2 aromatic rings. The van der Waals surface area contributed by atoms with E-state index in [0.29, 0.717) is 30.7 Å². The maximum atomic E-state index is 5.94. The van der Waals surface area contributed by atoms with Crippen LogP contribution in [0.2, 0.25) is 5.28 Å². The number of nitrogens with zero attached hydrogens (tertiary/aromatic N) is 4. The summed E-state index contributed by atoms with van der Waals surface area (Å²) in [5.74, 6) is 2.44. The molecule has 0 aliphatic carbocycles. The van der Waals surface area contributed by atoms with Crippen LogP contribution in [0, 0.1) is 0 Å². The minimum absolute atomic E-state index is 0.161. The summed E-state index contributed by atoms with van der Waals surface area (Å²) in [7, 11) is 3.69. The molecule has 0 fully saturated rings. The van der Waals surface area contributed by atoms with E-state index in [2.05, 4.69) is 15.0 Å². The first kappa shape index (κ1) is 12.9. The van der Waals surface area contributed by atoms with Gasteiger partial charge in [-0.2, -0.15) is 15.0 Å². The molecule has 0 unspecified atom stereocenters. The van der Waals surface area contributed by atoms with Gasteiger partial charge in [0.1, 0.15) is 13.2 Å². The molecule has 1 aromatic carbocycles. The fraction of sp³-hybridized carbons (Fsp3) is 0.308. The first-order valence-corrected chi connectivity index (χ1v) is 6.50. The number of hydrogen-bond acceptors (Lipinski definition) is 6. The van der Waals surface area contributed by atoms with E-state index in [1.165, 1.54) is 0 Å². The van der Waals surface area contributed by atoms with Crippen molar-refractivity contribution in [3.63, 3.8) is 0 Å². The molecule has 1 aliphatic rings. The van der Waals surface area contributed by atoms with Gasteiger partial charge in [-0.25, -0.2) is 0 Å². The van der Waals surface area contributed by atoms with Gasteiger partial charge in [-0.15, -0.1) is 0 Å². The number of hydrogen-bond donors (Lipinski definition) is 0. The first-order valence-electron chi connectivity index (χ1n) is 6.12. The van der Waals surface area contributed by atoms with Crippen molar-refractivity contribution < 1.29 is 9.47 Å². The van der Waals surface area contributed by atoms with Crippen molar-refractivity contribution in [1.82, 2.24) is 15.0 Å². The van der Waals surface area contributed by atoms with E-state index in [9.17, 15) is 0 Å². The molecule has 0 radical (unpaired) electrons. The molecule has 104 valence electrons. The van der Waals surface area contributed by atoms with Gasteiger partial charge in [-0.1, -0.05) is 0 Å².